The molecule has 0 aliphatic carbocycles. The lowest BCUT2D eigenvalue weighted by atomic mass is 10.0. The van der Waals surface area contributed by atoms with Crippen LogP contribution < -0.4 is 10.6 Å². The van der Waals surface area contributed by atoms with Gasteiger partial charge >= 0.3 is 0 Å². The summed E-state index contributed by atoms with van der Waals surface area (Å²) in [6, 6.07) is 18.7. The molecule has 0 radical (unpaired) electrons. The minimum Gasteiger partial charge on any atom is -0.436 e. The number of hydrogen-bond acceptors (Lipinski definition) is 4. The Hall–Kier alpha value is -2.74. The maximum Gasteiger partial charge on any atom is 0.258 e. The van der Waals surface area contributed by atoms with E-state index in [1.165, 1.54) is 5.56 Å². The smallest absolute Gasteiger partial charge is 0.258 e. The monoisotopic (exact) mass is 527 g/mol. The standard InChI is InChI=1S/C24H19BrClN3O2S/c1-13(2)14-3-5-15(6-4-14)23-28-20-12-17(8-10-21(20)31-23)27-24(32)29-22(30)18-11-16(25)7-9-19(18)26/h3-13H,1-2H3,(H2,27,29,30,32). The van der Waals surface area contributed by atoms with E-state index in [2.05, 4.69) is 57.5 Å². The molecule has 1 heterocycles. The number of nitrogens with zero attached hydrogens (tertiary/aromatic N) is 1. The van der Waals surface area contributed by atoms with Crippen LogP contribution in [0, 0.1) is 0 Å². The van der Waals surface area contributed by atoms with Crippen LogP contribution >= 0.6 is 39.7 Å². The largest absolute Gasteiger partial charge is 0.436 e. The number of rotatable bonds is 4. The van der Waals surface area contributed by atoms with Gasteiger partial charge in [0.15, 0.2) is 10.7 Å². The zero-order chi connectivity index (χ0) is 22.8. The van der Waals surface area contributed by atoms with Gasteiger partial charge in [0.05, 0.1) is 10.6 Å². The fourth-order valence-corrected chi connectivity index (χ4v) is 3.92. The van der Waals surface area contributed by atoms with Crippen molar-refractivity contribution in [3.05, 3.63) is 81.3 Å². The number of amides is 1. The number of benzene rings is 3. The topological polar surface area (TPSA) is 67.2 Å². The molecule has 1 aromatic heterocycles. The van der Waals surface area contributed by atoms with Crippen LogP contribution in [0.5, 0.6) is 0 Å². The Morgan fingerprint density at radius 3 is 2.56 bits per heavy atom. The summed E-state index contributed by atoms with van der Waals surface area (Å²) in [6.07, 6.45) is 0. The van der Waals surface area contributed by atoms with Crippen molar-refractivity contribution in [2.75, 3.05) is 5.32 Å². The molecule has 0 atom stereocenters. The summed E-state index contributed by atoms with van der Waals surface area (Å²) in [6.45, 7) is 4.31. The van der Waals surface area contributed by atoms with Gasteiger partial charge in [-0.2, -0.15) is 0 Å². The van der Waals surface area contributed by atoms with Crippen LogP contribution in [0.2, 0.25) is 5.02 Å². The molecule has 0 aliphatic heterocycles. The van der Waals surface area contributed by atoms with Crippen LogP contribution in [0.3, 0.4) is 0 Å². The Bertz CT molecular complexity index is 1320. The van der Waals surface area contributed by atoms with E-state index in [-0.39, 0.29) is 5.11 Å². The van der Waals surface area contributed by atoms with Gasteiger partial charge in [-0.1, -0.05) is 53.5 Å². The second-order valence-electron chi connectivity index (χ2n) is 7.51. The molecule has 0 fully saturated rings. The van der Waals surface area contributed by atoms with Gasteiger partial charge in [-0.05, 0) is 72.2 Å². The molecule has 8 heteroatoms. The van der Waals surface area contributed by atoms with E-state index >= 15 is 0 Å². The summed E-state index contributed by atoms with van der Waals surface area (Å²) in [5, 5.41) is 6.13. The minimum absolute atomic E-state index is 0.151. The van der Waals surface area contributed by atoms with Crippen molar-refractivity contribution >= 4 is 67.6 Å². The summed E-state index contributed by atoms with van der Waals surface area (Å²) < 4.78 is 6.65. The molecule has 0 unspecified atom stereocenters. The van der Waals surface area contributed by atoms with Crippen molar-refractivity contribution in [2.45, 2.75) is 19.8 Å². The SMILES string of the molecule is CC(C)c1ccc(-c2nc3cc(NC(=S)NC(=O)c4cc(Br)ccc4Cl)ccc3o2)cc1. The van der Waals surface area contributed by atoms with Crippen molar-refractivity contribution in [3.63, 3.8) is 0 Å². The van der Waals surface area contributed by atoms with Gasteiger partial charge in [0, 0.05) is 15.7 Å². The van der Waals surface area contributed by atoms with Crippen molar-refractivity contribution in [1.82, 2.24) is 10.3 Å². The molecular formula is C24H19BrClN3O2S. The molecule has 2 N–H and O–H groups in total. The zero-order valence-corrected chi connectivity index (χ0v) is 20.4. The Balaban J connectivity index is 1.48. The van der Waals surface area contributed by atoms with Crippen LogP contribution in [0.1, 0.15) is 35.7 Å². The average Bonchev–Trinajstić information content (AvgIpc) is 3.18. The van der Waals surface area contributed by atoms with Crippen molar-refractivity contribution in [2.24, 2.45) is 0 Å². The summed E-state index contributed by atoms with van der Waals surface area (Å²) >= 11 is 14.7. The molecule has 5 nitrogen and oxygen atoms in total. The van der Waals surface area contributed by atoms with Crippen LogP contribution in [0.15, 0.2) is 69.6 Å². The normalized spacial score (nSPS) is 11.0. The second kappa shape index (κ2) is 9.40. The maximum atomic E-state index is 12.5. The van der Waals surface area contributed by atoms with Gasteiger partial charge in [0.2, 0.25) is 5.89 Å². The minimum atomic E-state index is -0.400. The molecule has 0 saturated heterocycles. The number of anilines is 1. The lowest BCUT2D eigenvalue weighted by Crippen LogP contribution is -2.34. The predicted molar refractivity (Wildman–Crippen MR) is 136 cm³/mol. The van der Waals surface area contributed by atoms with Crippen LogP contribution in [0.4, 0.5) is 5.69 Å². The first kappa shape index (κ1) is 22.5. The first-order chi connectivity index (χ1) is 15.3. The van der Waals surface area contributed by atoms with Gasteiger partial charge in [-0.15, -0.1) is 0 Å². The number of oxazole rings is 1. The van der Waals surface area contributed by atoms with E-state index in [1.807, 2.05) is 30.3 Å². The van der Waals surface area contributed by atoms with Crippen LogP contribution in [-0.4, -0.2) is 16.0 Å². The molecule has 0 saturated carbocycles. The van der Waals surface area contributed by atoms with Gasteiger partial charge < -0.3 is 9.73 Å². The Kier molecular flexibility index (Phi) is 6.60. The molecule has 4 aromatic rings. The third-order valence-electron chi connectivity index (χ3n) is 4.87. The number of nitrogens with one attached hydrogen (secondary N) is 2. The number of thiocarbonyl (C=S) groups is 1. The highest BCUT2D eigenvalue weighted by atomic mass is 79.9. The number of aromatic nitrogens is 1. The van der Waals surface area contributed by atoms with Crippen molar-refractivity contribution in [3.8, 4) is 11.5 Å². The number of hydrogen-bond donors (Lipinski definition) is 2. The predicted octanol–water partition coefficient (Wildman–Crippen LogP) is 7.16. The van der Waals surface area contributed by atoms with E-state index in [0.717, 1.165) is 10.0 Å². The molecule has 4 rings (SSSR count). The Labute approximate surface area is 204 Å². The highest BCUT2D eigenvalue weighted by Gasteiger charge is 2.14. The summed E-state index contributed by atoms with van der Waals surface area (Å²) in [7, 11) is 0. The first-order valence-corrected chi connectivity index (χ1v) is 11.5. The maximum absolute atomic E-state index is 12.5. The zero-order valence-electron chi connectivity index (χ0n) is 17.3. The van der Waals surface area contributed by atoms with Gasteiger partial charge in [-0.25, -0.2) is 4.98 Å². The fraction of sp³-hybridized carbons (Fsp3) is 0.125. The Morgan fingerprint density at radius 2 is 1.84 bits per heavy atom. The van der Waals surface area contributed by atoms with Gasteiger partial charge in [0.25, 0.3) is 5.91 Å². The molecule has 1 amide bonds. The Morgan fingerprint density at radius 1 is 1.09 bits per heavy atom. The van der Waals surface area contributed by atoms with E-state index in [4.69, 9.17) is 28.2 Å². The third-order valence-corrected chi connectivity index (χ3v) is 5.90. The number of carbonyl (C=O) groups is 1. The van der Waals surface area contributed by atoms with E-state index in [0.29, 0.717) is 39.2 Å². The molecule has 32 heavy (non-hydrogen) atoms. The van der Waals surface area contributed by atoms with E-state index < -0.39 is 5.91 Å². The lowest BCUT2D eigenvalue weighted by Gasteiger charge is -2.10. The van der Waals surface area contributed by atoms with Crippen molar-refractivity contribution < 1.29 is 9.21 Å². The highest BCUT2D eigenvalue weighted by Crippen LogP contribution is 2.27. The molecule has 0 bridgehead atoms. The van der Waals surface area contributed by atoms with Gasteiger partial charge in [-0.3, -0.25) is 10.1 Å². The summed E-state index contributed by atoms with van der Waals surface area (Å²) in [5.41, 5.74) is 4.52. The number of fused-ring (bicyclic) bond motifs is 1. The summed E-state index contributed by atoms with van der Waals surface area (Å²) in [5.74, 6) is 0.612. The number of carbonyl (C=O) groups excluding carboxylic acids is 1. The quantitative estimate of drug-likeness (QED) is 0.275. The summed E-state index contributed by atoms with van der Waals surface area (Å²) in [4.78, 5) is 17.1. The molecule has 162 valence electrons. The van der Waals surface area contributed by atoms with Crippen LogP contribution in [0.25, 0.3) is 22.6 Å². The lowest BCUT2D eigenvalue weighted by molar-refractivity contribution is 0.0978. The first-order valence-electron chi connectivity index (χ1n) is 9.88. The van der Waals surface area contributed by atoms with Crippen LogP contribution in [-0.2, 0) is 0 Å². The third kappa shape index (κ3) is 5.01. The molecule has 0 aliphatic rings. The fourth-order valence-electron chi connectivity index (χ4n) is 3.14. The molecule has 3 aromatic carbocycles. The average molecular weight is 529 g/mol. The van der Waals surface area contributed by atoms with Gasteiger partial charge in [0.1, 0.15) is 5.52 Å². The second-order valence-corrected chi connectivity index (χ2v) is 9.24. The van der Waals surface area contributed by atoms with Crippen molar-refractivity contribution in [1.29, 1.82) is 0 Å². The molecular weight excluding hydrogens is 510 g/mol. The van der Waals surface area contributed by atoms with E-state index in [9.17, 15) is 4.79 Å². The molecule has 0 spiro atoms. The number of halogens is 2. The highest BCUT2D eigenvalue weighted by molar-refractivity contribution is 9.10. The van der Waals surface area contributed by atoms with E-state index in [1.54, 1.807) is 18.2 Å².